The van der Waals surface area contributed by atoms with Crippen molar-refractivity contribution in [1.82, 2.24) is 35.3 Å². The lowest BCUT2D eigenvalue weighted by Crippen LogP contribution is -2.58. The van der Waals surface area contributed by atoms with Crippen LogP contribution in [-0.2, 0) is 52.8 Å². The molecule has 0 saturated carbocycles. The maximum atomic E-state index is 13.9. The standard InChI is InChI=1S/C50H62N8O9S/c1-33-46(68-32-53-33)36-8-6-34(7-9-36)28-52-48(61)43-27-39(59)29-58(43)49(62)47(50(2,3)4)54-44(60)31-67-25-24-66-23-22-65-21-20-64-19-5-18-57-30-41(45(55-57)35-14-16-51-17-15-35)38-10-12-40-37(26-38)11-13-42(40)56-63/h6-10,12,14-17,26,30,32,39,43,47,59,63H,5,11,13,18-25,27-29,31H2,1-4H3,(H,52,61)(H,54,60)/t39-,43+,47-/m1/s1. The highest BCUT2D eigenvalue weighted by atomic mass is 32.1. The molecule has 7 rings (SSSR count). The van der Waals surface area contributed by atoms with E-state index in [1.807, 2.05) is 80.4 Å². The monoisotopic (exact) mass is 950 g/mol. The number of pyridine rings is 1. The van der Waals surface area contributed by atoms with Gasteiger partial charge >= 0.3 is 0 Å². The first-order valence-corrected chi connectivity index (χ1v) is 24.0. The number of aromatic nitrogens is 4. The Morgan fingerprint density at radius 3 is 2.25 bits per heavy atom. The maximum Gasteiger partial charge on any atom is 0.246 e. The number of oxime groups is 1. The quantitative estimate of drug-likeness (QED) is 0.0367. The van der Waals surface area contributed by atoms with Crippen LogP contribution in [0.4, 0.5) is 0 Å². The van der Waals surface area contributed by atoms with Crippen LogP contribution in [0.3, 0.4) is 0 Å². The van der Waals surface area contributed by atoms with E-state index < -0.39 is 35.4 Å². The highest BCUT2D eigenvalue weighted by Gasteiger charge is 2.44. The van der Waals surface area contributed by atoms with E-state index in [4.69, 9.17) is 24.0 Å². The third-order valence-corrected chi connectivity index (χ3v) is 12.9. The largest absolute Gasteiger partial charge is 0.411 e. The zero-order chi connectivity index (χ0) is 48.0. The van der Waals surface area contributed by atoms with Gasteiger partial charge in [-0.05, 0) is 66.0 Å². The van der Waals surface area contributed by atoms with E-state index in [0.717, 1.165) is 80.2 Å². The number of fused-ring (bicyclic) bond motifs is 1. The number of thiazole rings is 1. The molecule has 0 bridgehead atoms. The van der Waals surface area contributed by atoms with E-state index in [1.54, 1.807) is 23.7 Å². The highest BCUT2D eigenvalue weighted by Crippen LogP contribution is 2.35. The summed E-state index contributed by atoms with van der Waals surface area (Å²) in [6.07, 6.45) is 7.15. The second-order valence-corrected chi connectivity index (χ2v) is 18.9. The van der Waals surface area contributed by atoms with Crippen molar-refractivity contribution in [3.05, 3.63) is 101 Å². The second-order valence-electron chi connectivity index (χ2n) is 18.0. The number of rotatable bonds is 23. The Morgan fingerprint density at radius 1 is 0.882 bits per heavy atom. The lowest BCUT2D eigenvalue weighted by molar-refractivity contribution is -0.144. The molecule has 17 nitrogen and oxygen atoms in total. The third kappa shape index (κ3) is 13.2. The van der Waals surface area contributed by atoms with Gasteiger partial charge in [-0.3, -0.25) is 24.0 Å². The van der Waals surface area contributed by atoms with E-state index in [-0.39, 0.29) is 45.2 Å². The third-order valence-electron chi connectivity index (χ3n) is 11.9. The number of carbonyl (C=O) groups excluding carboxylic acids is 3. The first kappa shape index (κ1) is 50.0. The fourth-order valence-electron chi connectivity index (χ4n) is 8.35. The van der Waals surface area contributed by atoms with Crippen molar-refractivity contribution >= 4 is 34.8 Å². The summed E-state index contributed by atoms with van der Waals surface area (Å²) in [4.78, 5) is 51.3. The number of carbonyl (C=O) groups is 3. The Bertz CT molecular complexity index is 2490. The number of likely N-dealkylation sites (tertiary alicyclic amines) is 1. The summed E-state index contributed by atoms with van der Waals surface area (Å²) in [6, 6.07) is 16.2. The Hall–Kier alpha value is -5.89. The van der Waals surface area contributed by atoms with Gasteiger partial charge in [-0.15, -0.1) is 11.3 Å². The molecule has 0 radical (unpaired) electrons. The van der Waals surface area contributed by atoms with Gasteiger partial charge in [0.25, 0.3) is 0 Å². The van der Waals surface area contributed by atoms with Crippen molar-refractivity contribution in [2.45, 2.75) is 84.7 Å². The summed E-state index contributed by atoms with van der Waals surface area (Å²) < 4.78 is 24.5. The molecule has 2 aliphatic rings. The van der Waals surface area contributed by atoms with Gasteiger partial charge < -0.3 is 44.8 Å². The number of β-amino-alcohol motifs (C(OH)–C–C–N with tert-alkyl or cyclic N) is 1. The predicted octanol–water partition coefficient (Wildman–Crippen LogP) is 5.43. The van der Waals surface area contributed by atoms with Gasteiger partial charge in [0, 0.05) is 67.9 Å². The Labute approximate surface area is 400 Å². The van der Waals surface area contributed by atoms with Crippen LogP contribution in [0, 0.1) is 12.3 Å². The SMILES string of the molecule is Cc1ncsc1-c1ccc(CNC(=O)[C@@H]2C[C@@H](O)CN2C(=O)[C@@H](NC(=O)COCCOCCOCCOCCCn2cc(-c3ccc4c(c3)CCC4=NO)c(-c3ccncc3)n2)C(C)(C)C)cc1. The molecule has 4 N–H and O–H groups in total. The van der Waals surface area contributed by atoms with Gasteiger partial charge in [-0.1, -0.05) is 68.4 Å². The van der Waals surface area contributed by atoms with E-state index in [2.05, 4.69) is 44.1 Å². The van der Waals surface area contributed by atoms with Gasteiger partial charge in [0.2, 0.25) is 17.7 Å². The van der Waals surface area contributed by atoms with Crippen LogP contribution in [0.5, 0.6) is 0 Å². The first-order chi connectivity index (χ1) is 32.9. The summed E-state index contributed by atoms with van der Waals surface area (Å²) in [7, 11) is 0. The van der Waals surface area contributed by atoms with Crippen LogP contribution in [0.2, 0.25) is 0 Å². The van der Waals surface area contributed by atoms with Crippen molar-refractivity contribution < 1.29 is 43.6 Å². The van der Waals surface area contributed by atoms with Gasteiger partial charge in [-0.2, -0.15) is 5.10 Å². The number of amides is 3. The molecule has 18 heteroatoms. The first-order valence-electron chi connectivity index (χ1n) is 23.1. The van der Waals surface area contributed by atoms with Crippen LogP contribution in [0.25, 0.3) is 32.8 Å². The van der Waals surface area contributed by atoms with Gasteiger partial charge in [0.05, 0.1) is 67.5 Å². The van der Waals surface area contributed by atoms with Crippen LogP contribution in [0.15, 0.2) is 83.9 Å². The molecule has 3 atom stereocenters. The fourth-order valence-corrected chi connectivity index (χ4v) is 9.16. The van der Waals surface area contributed by atoms with Gasteiger partial charge in [0.15, 0.2) is 0 Å². The molecule has 0 spiro atoms. The molecule has 362 valence electrons. The normalized spacial score (nSPS) is 16.8. The van der Waals surface area contributed by atoms with Crippen molar-refractivity contribution in [2.24, 2.45) is 10.6 Å². The number of hydrogen-bond acceptors (Lipinski definition) is 14. The minimum absolute atomic E-state index is 0.0146. The molecule has 2 aromatic carbocycles. The Morgan fingerprint density at radius 2 is 1.57 bits per heavy atom. The molecule has 5 aromatic rings. The molecule has 1 aliphatic carbocycles. The molecule has 1 fully saturated rings. The number of nitrogens with one attached hydrogen (secondary N) is 2. The topological polar surface area (TPSA) is 212 Å². The molecular formula is C50H62N8O9S. The van der Waals surface area contributed by atoms with Gasteiger partial charge in [-0.25, -0.2) is 4.98 Å². The zero-order valence-corrected chi connectivity index (χ0v) is 40.0. The molecule has 4 heterocycles. The van der Waals surface area contributed by atoms with E-state index in [9.17, 15) is 24.7 Å². The minimum Gasteiger partial charge on any atom is -0.411 e. The van der Waals surface area contributed by atoms with Crippen molar-refractivity contribution in [3.63, 3.8) is 0 Å². The van der Waals surface area contributed by atoms with E-state index in [1.165, 1.54) is 4.90 Å². The summed E-state index contributed by atoms with van der Waals surface area (Å²) in [5, 5.41) is 34.0. The van der Waals surface area contributed by atoms with Crippen LogP contribution in [0.1, 0.15) is 62.4 Å². The van der Waals surface area contributed by atoms with E-state index in [0.29, 0.717) is 39.6 Å². The number of aryl methyl sites for hydroxylation is 3. The van der Waals surface area contributed by atoms with E-state index >= 15 is 0 Å². The average molecular weight is 951 g/mol. The fraction of sp³-hybridized carbons (Fsp3) is 0.460. The zero-order valence-electron chi connectivity index (χ0n) is 39.2. The van der Waals surface area contributed by atoms with Crippen LogP contribution >= 0.6 is 11.3 Å². The number of aliphatic hydroxyl groups excluding tert-OH is 1. The summed E-state index contributed by atoms with van der Waals surface area (Å²) in [5.74, 6) is -1.29. The molecule has 0 unspecified atom stereocenters. The number of benzene rings is 2. The predicted molar refractivity (Wildman–Crippen MR) is 257 cm³/mol. The maximum absolute atomic E-state index is 13.9. The summed E-state index contributed by atoms with van der Waals surface area (Å²) >= 11 is 1.57. The Balaban J connectivity index is 0.751. The molecule has 1 saturated heterocycles. The lowest BCUT2D eigenvalue weighted by Gasteiger charge is -2.35. The molecule has 3 amide bonds. The molecule has 3 aromatic heterocycles. The number of ether oxygens (including phenoxy) is 4. The number of nitrogens with zero attached hydrogens (tertiary/aromatic N) is 6. The van der Waals surface area contributed by atoms with Crippen LogP contribution < -0.4 is 10.6 Å². The summed E-state index contributed by atoms with van der Waals surface area (Å²) in [5.41, 5.74) is 10.9. The average Bonchev–Trinajstić information content (AvgIpc) is 4.16. The smallest absolute Gasteiger partial charge is 0.246 e. The molecule has 1 aliphatic heterocycles. The van der Waals surface area contributed by atoms with Crippen LogP contribution in [-0.4, -0.2) is 136 Å². The molecule has 68 heavy (non-hydrogen) atoms. The van der Waals surface area contributed by atoms with Crippen molar-refractivity contribution in [1.29, 1.82) is 0 Å². The number of hydrogen-bond donors (Lipinski definition) is 4. The Kier molecular flexibility index (Phi) is 17.6. The van der Waals surface area contributed by atoms with Crippen molar-refractivity contribution in [3.8, 4) is 32.8 Å². The minimum atomic E-state index is -0.962. The summed E-state index contributed by atoms with van der Waals surface area (Å²) in [6.45, 7) is 10.6. The molecular weight excluding hydrogens is 889 g/mol. The van der Waals surface area contributed by atoms with Gasteiger partial charge in [0.1, 0.15) is 24.4 Å². The highest BCUT2D eigenvalue weighted by molar-refractivity contribution is 7.13. The second kappa shape index (κ2) is 23.9. The van der Waals surface area contributed by atoms with Crippen molar-refractivity contribution in [2.75, 3.05) is 59.4 Å². The lowest BCUT2D eigenvalue weighted by atomic mass is 9.85. The number of aliphatic hydroxyl groups is 1.